The summed E-state index contributed by atoms with van der Waals surface area (Å²) >= 11 is 0. The first kappa shape index (κ1) is 15.3. The van der Waals surface area contributed by atoms with E-state index in [1.165, 1.54) is 0 Å². The summed E-state index contributed by atoms with van der Waals surface area (Å²) in [6.07, 6.45) is 1.87. The lowest BCUT2D eigenvalue weighted by Crippen LogP contribution is -2.27. The van der Waals surface area contributed by atoms with Crippen molar-refractivity contribution in [3.8, 4) is 0 Å². The van der Waals surface area contributed by atoms with Crippen LogP contribution in [-0.4, -0.2) is 37.1 Å². The molecule has 3 N–H and O–H groups in total. The predicted octanol–water partition coefficient (Wildman–Crippen LogP) is 2.38. The highest BCUT2D eigenvalue weighted by atomic mass is 16.5. The van der Waals surface area contributed by atoms with Gasteiger partial charge in [-0.05, 0) is 19.9 Å². The van der Waals surface area contributed by atoms with Crippen molar-refractivity contribution in [1.82, 2.24) is 4.98 Å². The molecule has 0 aliphatic carbocycles. The number of nitrogens with zero attached hydrogens (tertiary/aromatic N) is 2. The minimum atomic E-state index is 0.0277. The standard InChI is InChI=1S/C16H22N4O/c1-11(2)21-9-8-20(3)15-12-6-4-5-7-14(12)19-10-13(15)16(17)18/h4-7,10-11H,8-9H2,1-3H3,(H3,17,18). The third kappa shape index (κ3) is 3.49. The van der Waals surface area contributed by atoms with Crippen LogP contribution < -0.4 is 10.6 Å². The molecular weight excluding hydrogens is 264 g/mol. The number of hydrogen-bond acceptors (Lipinski definition) is 4. The molecule has 1 aromatic heterocycles. The number of rotatable bonds is 6. The van der Waals surface area contributed by atoms with Crippen LogP contribution in [0.4, 0.5) is 5.69 Å². The second-order valence-corrected chi connectivity index (χ2v) is 5.29. The maximum atomic E-state index is 7.77. The predicted molar refractivity (Wildman–Crippen MR) is 87.1 cm³/mol. The number of anilines is 1. The van der Waals surface area contributed by atoms with Gasteiger partial charge in [0.1, 0.15) is 5.84 Å². The fourth-order valence-corrected chi connectivity index (χ4v) is 2.27. The van der Waals surface area contributed by atoms with Crippen molar-refractivity contribution in [3.63, 3.8) is 0 Å². The molecule has 0 saturated carbocycles. The van der Waals surface area contributed by atoms with Gasteiger partial charge in [-0.2, -0.15) is 0 Å². The first-order chi connectivity index (χ1) is 10.0. The number of fused-ring (bicyclic) bond motifs is 1. The zero-order valence-corrected chi connectivity index (χ0v) is 12.8. The van der Waals surface area contributed by atoms with Gasteiger partial charge >= 0.3 is 0 Å². The minimum absolute atomic E-state index is 0.0277. The lowest BCUT2D eigenvalue weighted by atomic mass is 10.1. The molecule has 0 amide bonds. The van der Waals surface area contributed by atoms with E-state index in [1.807, 2.05) is 45.2 Å². The lowest BCUT2D eigenvalue weighted by molar-refractivity contribution is 0.0846. The van der Waals surface area contributed by atoms with Crippen LogP contribution in [0.2, 0.25) is 0 Å². The quantitative estimate of drug-likeness (QED) is 0.631. The van der Waals surface area contributed by atoms with Crippen molar-refractivity contribution in [3.05, 3.63) is 36.0 Å². The number of amidine groups is 1. The van der Waals surface area contributed by atoms with Crippen LogP contribution >= 0.6 is 0 Å². The van der Waals surface area contributed by atoms with Crippen molar-refractivity contribution in [2.45, 2.75) is 20.0 Å². The average molecular weight is 286 g/mol. The van der Waals surface area contributed by atoms with Crippen LogP contribution in [0.25, 0.3) is 10.9 Å². The summed E-state index contributed by atoms with van der Waals surface area (Å²) < 4.78 is 5.60. The first-order valence-electron chi connectivity index (χ1n) is 7.05. The zero-order chi connectivity index (χ0) is 15.4. The highest BCUT2D eigenvalue weighted by molar-refractivity contribution is 6.07. The van der Waals surface area contributed by atoms with E-state index in [0.29, 0.717) is 12.2 Å². The number of aromatic nitrogens is 1. The van der Waals surface area contributed by atoms with Gasteiger partial charge in [0.05, 0.1) is 29.5 Å². The fourth-order valence-electron chi connectivity index (χ4n) is 2.27. The van der Waals surface area contributed by atoms with Gasteiger partial charge in [0.2, 0.25) is 0 Å². The van der Waals surface area contributed by atoms with Gasteiger partial charge in [-0.25, -0.2) is 0 Å². The zero-order valence-electron chi connectivity index (χ0n) is 12.8. The van der Waals surface area contributed by atoms with Crippen LogP contribution in [0.3, 0.4) is 0 Å². The Morgan fingerprint density at radius 2 is 2.10 bits per heavy atom. The van der Waals surface area contributed by atoms with E-state index in [9.17, 15) is 0 Å². The smallest absolute Gasteiger partial charge is 0.126 e. The molecule has 112 valence electrons. The summed E-state index contributed by atoms with van der Waals surface area (Å²) in [7, 11) is 1.98. The lowest BCUT2D eigenvalue weighted by Gasteiger charge is -2.24. The van der Waals surface area contributed by atoms with Crippen LogP contribution in [-0.2, 0) is 4.74 Å². The van der Waals surface area contributed by atoms with Crippen molar-refractivity contribution in [1.29, 1.82) is 5.41 Å². The van der Waals surface area contributed by atoms with Crippen molar-refractivity contribution >= 4 is 22.4 Å². The Morgan fingerprint density at radius 3 is 2.76 bits per heavy atom. The van der Waals surface area contributed by atoms with E-state index in [-0.39, 0.29) is 11.9 Å². The molecule has 0 radical (unpaired) electrons. The van der Waals surface area contributed by atoms with Gasteiger partial charge in [-0.3, -0.25) is 10.4 Å². The van der Waals surface area contributed by atoms with E-state index in [1.54, 1.807) is 6.20 Å². The molecule has 0 unspecified atom stereocenters. The third-order valence-electron chi connectivity index (χ3n) is 3.30. The van der Waals surface area contributed by atoms with Crippen LogP contribution in [0.1, 0.15) is 19.4 Å². The molecule has 0 aliphatic rings. The van der Waals surface area contributed by atoms with Crippen LogP contribution in [0.15, 0.2) is 30.5 Å². The van der Waals surface area contributed by atoms with Gasteiger partial charge in [0.25, 0.3) is 0 Å². The molecule has 5 nitrogen and oxygen atoms in total. The van der Waals surface area contributed by atoms with Gasteiger partial charge in [-0.15, -0.1) is 0 Å². The van der Waals surface area contributed by atoms with Crippen molar-refractivity contribution < 1.29 is 4.74 Å². The monoisotopic (exact) mass is 286 g/mol. The van der Waals surface area contributed by atoms with E-state index in [2.05, 4.69) is 9.88 Å². The van der Waals surface area contributed by atoms with Gasteiger partial charge in [-0.1, -0.05) is 18.2 Å². The summed E-state index contributed by atoms with van der Waals surface area (Å²) in [6.45, 7) is 5.39. The number of benzene rings is 1. The highest BCUT2D eigenvalue weighted by Crippen LogP contribution is 2.28. The Labute approximate surface area is 125 Å². The van der Waals surface area contributed by atoms with E-state index in [4.69, 9.17) is 15.9 Å². The third-order valence-corrected chi connectivity index (χ3v) is 3.30. The number of nitrogens with two attached hydrogens (primary N) is 1. The maximum Gasteiger partial charge on any atom is 0.126 e. The SMILES string of the molecule is CC(C)OCCN(C)c1c(C(=N)N)cnc2ccccc12. The largest absolute Gasteiger partial charge is 0.384 e. The van der Waals surface area contributed by atoms with E-state index >= 15 is 0 Å². The molecule has 1 aromatic carbocycles. The summed E-state index contributed by atoms with van der Waals surface area (Å²) in [6, 6.07) is 7.88. The summed E-state index contributed by atoms with van der Waals surface area (Å²) in [5, 5.41) is 8.77. The van der Waals surface area contributed by atoms with Gasteiger partial charge in [0, 0.05) is 25.2 Å². The Hall–Kier alpha value is -2.14. The number of para-hydroxylation sites is 1. The van der Waals surface area contributed by atoms with E-state index in [0.717, 1.165) is 23.1 Å². The second-order valence-electron chi connectivity index (χ2n) is 5.29. The summed E-state index contributed by atoms with van der Waals surface area (Å²) in [5.74, 6) is 0.0277. The van der Waals surface area contributed by atoms with Crippen molar-refractivity contribution in [2.75, 3.05) is 25.1 Å². The maximum absolute atomic E-state index is 7.77. The number of ether oxygens (including phenoxy) is 1. The molecule has 0 saturated heterocycles. The molecule has 0 bridgehead atoms. The molecule has 1 heterocycles. The molecule has 0 atom stereocenters. The Bertz CT molecular complexity index is 639. The molecule has 0 spiro atoms. The number of nitrogen functional groups attached to an aromatic ring is 1. The second kappa shape index (κ2) is 6.54. The molecule has 0 fully saturated rings. The van der Waals surface area contributed by atoms with Crippen LogP contribution in [0.5, 0.6) is 0 Å². The fraction of sp³-hybridized carbons (Fsp3) is 0.375. The summed E-state index contributed by atoms with van der Waals surface area (Å²) in [4.78, 5) is 6.45. The number of nitrogens with one attached hydrogen (secondary N) is 1. The van der Waals surface area contributed by atoms with Gasteiger partial charge < -0.3 is 15.4 Å². The Kier molecular flexibility index (Phi) is 4.75. The van der Waals surface area contributed by atoms with Gasteiger partial charge in [0.15, 0.2) is 0 Å². The molecule has 2 aromatic rings. The molecule has 21 heavy (non-hydrogen) atoms. The average Bonchev–Trinajstić information content (AvgIpc) is 2.45. The topological polar surface area (TPSA) is 75.2 Å². The summed E-state index contributed by atoms with van der Waals surface area (Å²) in [5.41, 5.74) is 8.19. The molecular formula is C16H22N4O. The first-order valence-corrected chi connectivity index (χ1v) is 7.05. The van der Waals surface area contributed by atoms with Crippen molar-refractivity contribution in [2.24, 2.45) is 5.73 Å². The number of hydrogen-bond donors (Lipinski definition) is 2. The Balaban J connectivity index is 2.39. The number of pyridine rings is 1. The molecule has 5 heteroatoms. The van der Waals surface area contributed by atoms with E-state index < -0.39 is 0 Å². The molecule has 0 aliphatic heterocycles. The normalized spacial score (nSPS) is 11.0. The van der Waals surface area contributed by atoms with Crippen LogP contribution in [0, 0.1) is 5.41 Å². The molecule has 2 rings (SSSR count). The number of likely N-dealkylation sites (N-methyl/N-ethyl adjacent to an activating group) is 1. The minimum Gasteiger partial charge on any atom is -0.384 e. The Morgan fingerprint density at radius 1 is 1.38 bits per heavy atom. The highest BCUT2D eigenvalue weighted by Gasteiger charge is 2.14.